The second-order valence-electron chi connectivity index (χ2n) is 10.5. The molecule has 0 bridgehead atoms. The Hall–Kier alpha value is -4.46. The van der Waals surface area contributed by atoms with Gasteiger partial charge in [-0.15, -0.1) is 0 Å². The molecule has 0 spiro atoms. The van der Waals surface area contributed by atoms with E-state index in [1.54, 1.807) is 37.3 Å². The Morgan fingerprint density at radius 2 is 1.72 bits per heavy atom. The van der Waals surface area contributed by atoms with Crippen LogP contribution in [0.1, 0.15) is 48.5 Å². The molecule has 0 radical (unpaired) electrons. The van der Waals surface area contributed by atoms with Gasteiger partial charge >= 0.3 is 0 Å². The fourth-order valence-electron chi connectivity index (χ4n) is 6.60. The number of ketones is 3. The standard InChI is InChI=1S/C31H24FNO6/c1-14-12-24(35)27-22(28(14)36)13-21-18(25(27)19-4-3-5-23(32)29(19)37)10-11-20-26(21)31(39)33(30(20)38)17-8-6-16(7-9-17)15(2)34/h3-10,12,20-21,25-26,37H,11,13H2,1-2H3/t20-,21+,25+,26-/m0/s1. The molecule has 2 aromatic rings. The van der Waals surface area contributed by atoms with E-state index in [1.807, 2.05) is 0 Å². The van der Waals surface area contributed by atoms with Gasteiger partial charge in [0.05, 0.1) is 17.5 Å². The number of carbonyl (C=O) groups excluding carboxylic acids is 5. The summed E-state index contributed by atoms with van der Waals surface area (Å²) < 4.78 is 14.5. The van der Waals surface area contributed by atoms with Gasteiger partial charge in [-0.2, -0.15) is 0 Å². The van der Waals surface area contributed by atoms with Gasteiger partial charge in [-0.1, -0.05) is 23.8 Å². The van der Waals surface area contributed by atoms with Crippen molar-refractivity contribution in [1.29, 1.82) is 0 Å². The van der Waals surface area contributed by atoms with Crippen LogP contribution in [0.2, 0.25) is 0 Å². The van der Waals surface area contributed by atoms with Crippen LogP contribution in [0.15, 0.2) is 76.9 Å². The van der Waals surface area contributed by atoms with Crippen molar-refractivity contribution < 1.29 is 33.5 Å². The zero-order chi connectivity index (χ0) is 27.7. The van der Waals surface area contributed by atoms with Gasteiger partial charge < -0.3 is 5.11 Å². The van der Waals surface area contributed by atoms with Crippen LogP contribution < -0.4 is 4.90 Å². The van der Waals surface area contributed by atoms with E-state index < -0.39 is 46.9 Å². The lowest BCUT2D eigenvalue weighted by atomic mass is 9.59. The number of benzene rings is 2. The van der Waals surface area contributed by atoms with E-state index in [9.17, 15) is 33.5 Å². The highest BCUT2D eigenvalue weighted by atomic mass is 19.1. The van der Waals surface area contributed by atoms with Gasteiger partial charge in [0.15, 0.2) is 28.9 Å². The molecule has 1 fully saturated rings. The molecule has 8 heteroatoms. The number of hydrogen-bond donors (Lipinski definition) is 1. The lowest BCUT2D eigenvalue weighted by molar-refractivity contribution is -0.123. The lowest BCUT2D eigenvalue weighted by Crippen LogP contribution is -2.39. The van der Waals surface area contributed by atoms with E-state index in [1.165, 1.54) is 25.1 Å². The highest BCUT2D eigenvalue weighted by molar-refractivity contribution is 6.25. The first-order valence-corrected chi connectivity index (χ1v) is 12.8. The van der Waals surface area contributed by atoms with Crippen LogP contribution in [0.25, 0.3) is 0 Å². The first kappa shape index (κ1) is 24.9. The molecule has 0 unspecified atom stereocenters. The molecule has 196 valence electrons. The van der Waals surface area contributed by atoms with Gasteiger partial charge in [-0.05, 0) is 69.0 Å². The van der Waals surface area contributed by atoms with Crippen molar-refractivity contribution in [1.82, 2.24) is 0 Å². The van der Waals surface area contributed by atoms with E-state index in [0.29, 0.717) is 16.8 Å². The van der Waals surface area contributed by atoms with E-state index in [2.05, 4.69) is 0 Å². The Morgan fingerprint density at radius 1 is 1.00 bits per heavy atom. The molecule has 7 nitrogen and oxygen atoms in total. The highest BCUT2D eigenvalue weighted by Crippen LogP contribution is 2.56. The Labute approximate surface area is 223 Å². The largest absolute Gasteiger partial charge is 0.505 e. The molecule has 0 aromatic heterocycles. The summed E-state index contributed by atoms with van der Waals surface area (Å²) in [6, 6.07) is 10.3. The Balaban J connectivity index is 1.47. The van der Waals surface area contributed by atoms with Gasteiger partial charge in [-0.3, -0.25) is 28.9 Å². The van der Waals surface area contributed by atoms with Crippen molar-refractivity contribution in [3.63, 3.8) is 0 Å². The average molecular weight is 526 g/mol. The van der Waals surface area contributed by atoms with Crippen LogP contribution in [-0.2, 0) is 19.2 Å². The Bertz CT molecular complexity index is 1610. The summed E-state index contributed by atoms with van der Waals surface area (Å²) in [5.74, 6) is -6.15. The number of aromatic hydroxyl groups is 1. The number of carbonyl (C=O) groups is 5. The summed E-state index contributed by atoms with van der Waals surface area (Å²) in [6.07, 6.45) is 3.37. The monoisotopic (exact) mass is 525 g/mol. The van der Waals surface area contributed by atoms with Crippen LogP contribution in [0, 0.1) is 23.6 Å². The zero-order valence-corrected chi connectivity index (χ0v) is 21.2. The highest BCUT2D eigenvalue weighted by Gasteiger charge is 2.56. The number of phenols is 1. The van der Waals surface area contributed by atoms with Gasteiger partial charge in [-0.25, -0.2) is 4.39 Å². The lowest BCUT2D eigenvalue weighted by Gasteiger charge is -2.42. The van der Waals surface area contributed by atoms with Crippen LogP contribution in [0.4, 0.5) is 10.1 Å². The van der Waals surface area contributed by atoms with Crippen molar-refractivity contribution in [2.45, 2.75) is 32.6 Å². The number of fused-ring (bicyclic) bond motifs is 3. The minimum Gasteiger partial charge on any atom is -0.505 e. The Morgan fingerprint density at radius 3 is 2.41 bits per heavy atom. The second-order valence-corrected chi connectivity index (χ2v) is 10.5. The first-order valence-electron chi connectivity index (χ1n) is 12.8. The third-order valence-electron chi connectivity index (χ3n) is 8.42. The fourth-order valence-corrected chi connectivity index (χ4v) is 6.60. The number of hydrogen-bond acceptors (Lipinski definition) is 6. The maximum atomic E-state index is 14.5. The van der Waals surface area contributed by atoms with E-state index in [4.69, 9.17) is 0 Å². The smallest absolute Gasteiger partial charge is 0.238 e. The van der Waals surface area contributed by atoms with Gasteiger partial charge in [0, 0.05) is 33.8 Å². The first-order chi connectivity index (χ1) is 18.6. The number of nitrogens with zero attached hydrogens (tertiary/aromatic N) is 1. The summed E-state index contributed by atoms with van der Waals surface area (Å²) in [6.45, 7) is 2.97. The molecule has 3 aliphatic carbocycles. The van der Waals surface area contributed by atoms with E-state index >= 15 is 0 Å². The fraction of sp³-hybridized carbons (Fsp3) is 0.258. The summed E-state index contributed by atoms with van der Waals surface area (Å²) in [5, 5.41) is 10.7. The van der Waals surface area contributed by atoms with Crippen molar-refractivity contribution in [3.8, 4) is 5.75 Å². The molecule has 1 saturated heterocycles. The van der Waals surface area contributed by atoms with Crippen LogP contribution >= 0.6 is 0 Å². The van der Waals surface area contributed by atoms with Crippen molar-refractivity contribution in [3.05, 3.63) is 93.9 Å². The summed E-state index contributed by atoms with van der Waals surface area (Å²) in [4.78, 5) is 66.8. The minimum atomic E-state index is -0.928. The number of halogens is 1. The van der Waals surface area contributed by atoms with Crippen molar-refractivity contribution in [2.24, 2.45) is 17.8 Å². The van der Waals surface area contributed by atoms with Gasteiger partial charge in [0.1, 0.15) is 0 Å². The molecule has 4 aliphatic rings. The van der Waals surface area contributed by atoms with Gasteiger partial charge in [0.2, 0.25) is 11.8 Å². The molecule has 1 aliphatic heterocycles. The number of allylic oxidation sites excluding steroid dienone is 6. The summed E-state index contributed by atoms with van der Waals surface area (Å²) >= 11 is 0. The number of phenolic OH excluding ortho intramolecular Hbond substituents is 1. The number of amides is 2. The summed E-state index contributed by atoms with van der Waals surface area (Å²) in [5.41, 5.74) is 2.25. The maximum absolute atomic E-state index is 14.5. The number of para-hydroxylation sites is 1. The normalized spacial score (nSPS) is 26.2. The predicted molar refractivity (Wildman–Crippen MR) is 138 cm³/mol. The quantitative estimate of drug-likeness (QED) is 0.276. The Kier molecular flexibility index (Phi) is 5.61. The van der Waals surface area contributed by atoms with E-state index in [0.717, 1.165) is 11.0 Å². The third-order valence-corrected chi connectivity index (χ3v) is 8.42. The van der Waals surface area contributed by atoms with Crippen LogP contribution in [0.3, 0.4) is 0 Å². The number of imide groups is 1. The SMILES string of the molecule is CC(=O)c1ccc(N2C(=O)[C@H]3[C@H](CC=C4[C@H](c5cccc(F)c5O)C5=C(C[C@H]43)C(=O)C(C)=CC5=O)C2=O)cc1. The molecule has 2 amide bonds. The molecule has 1 heterocycles. The molecule has 1 N–H and O–H groups in total. The van der Waals surface area contributed by atoms with Crippen molar-refractivity contribution >= 4 is 34.9 Å². The minimum absolute atomic E-state index is 0.0841. The van der Waals surface area contributed by atoms with Crippen LogP contribution in [0.5, 0.6) is 5.75 Å². The molecule has 2 aromatic carbocycles. The molecular weight excluding hydrogens is 501 g/mol. The van der Waals surface area contributed by atoms with Crippen LogP contribution in [-0.4, -0.2) is 34.3 Å². The topological polar surface area (TPSA) is 109 Å². The number of rotatable bonds is 3. The average Bonchev–Trinajstić information content (AvgIpc) is 3.17. The number of anilines is 1. The second kappa shape index (κ2) is 8.80. The number of Topliss-reactive ketones (excluding diaryl/α,β-unsaturated/α-hetero) is 2. The third kappa shape index (κ3) is 3.58. The maximum Gasteiger partial charge on any atom is 0.238 e. The molecule has 6 rings (SSSR count). The molecule has 39 heavy (non-hydrogen) atoms. The van der Waals surface area contributed by atoms with E-state index in [-0.39, 0.29) is 52.6 Å². The van der Waals surface area contributed by atoms with Crippen molar-refractivity contribution in [2.75, 3.05) is 4.90 Å². The zero-order valence-electron chi connectivity index (χ0n) is 21.2. The molecular formula is C31H24FNO6. The summed E-state index contributed by atoms with van der Waals surface area (Å²) in [7, 11) is 0. The van der Waals surface area contributed by atoms with Gasteiger partial charge in [0.25, 0.3) is 0 Å². The predicted octanol–water partition coefficient (Wildman–Crippen LogP) is 4.37. The molecule has 0 saturated carbocycles. The molecule has 4 atom stereocenters.